The van der Waals surface area contributed by atoms with Crippen LogP contribution in [-0.4, -0.2) is 24.8 Å². The second-order valence-electron chi connectivity index (χ2n) is 25.7. The Morgan fingerprint density at radius 3 is 1.40 bits per heavy atom. The van der Waals surface area contributed by atoms with E-state index in [9.17, 15) is 43.8 Å². The Labute approximate surface area is 593 Å². The standard InChI is InChI=1S/C82H76F4N4O5S4/c1-7-12-15-17-18-20-23-51-26-30-55(31-27-51)82(54-28-24-50(25-29-54)22-19-16-13-8-2)64-40-72(79-70(94-47-49(11-5)21-14-9-3)35-57(96-79)33-63-75(53(44-89)45-90)59-37-66(84)68(86)39-61(59)77(63)92)98-78(64)81-71(95-82)41-73(99-81)80-69(93-46-48(6)10-4)34-56(97-80)32-62-74(52(42-87)43-88)58-36-65(83)67(85)38-60(58)76(62)91/h24-41,48-49H,7-23,46-47H2,1-6H3/b62-32-,63-33-. The van der Waals surface area contributed by atoms with Crippen LogP contribution in [0.25, 0.3) is 52.6 Å². The smallest absolute Gasteiger partial charge is 0.194 e. The van der Waals surface area contributed by atoms with Gasteiger partial charge in [-0.05, 0) is 121 Å². The molecule has 11 rings (SSSR count). The molecule has 0 N–H and O–H groups in total. The lowest BCUT2D eigenvalue weighted by atomic mass is 9.78. The molecule has 0 spiro atoms. The van der Waals surface area contributed by atoms with Gasteiger partial charge >= 0.3 is 0 Å². The fourth-order valence-corrected chi connectivity index (χ4v) is 17.9. The highest BCUT2D eigenvalue weighted by atomic mass is 32.1. The van der Waals surface area contributed by atoms with Gasteiger partial charge in [0, 0.05) is 70.8 Å². The van der Waals surface area contributed by atoms with Crippen molar-refractivity contribution in [3.8, 4) is 70.8 Å². The summed E-state index contributed by atoms with van der Waals surface area (Å²) in [4.78, 5) is 34.5. The number of thiophene rings is 4. The largest absolute Gasteiger partial charge is 0.492 e. The number of halogens is 4. The summed E-state index contributed by atoms with van der Waals surface area (Å²) in [6, 6.07) is 36.3. The molecule has 506 valence electrons. The first-order valence-electron chi connectivity index (χ1n) is 34.4. The average molecular weight is 1400 g/mol. The number of Topliss-reactive ketones (excluding diaryl/α,β-unsaturated/α-hetero) is 2. The van der Waals surface area contributed by atoms with Crippen molar-refractivity contribution in [2.24, 2.45) is 11.8 Å². The molecule has 0 amide bonds. The van der Waals surface area contributed by atoms with Crippen LogP contribution in [-0.2, 0) is 18.4 Å². The Kier molecular flexibility index (Phi) is 23.0. The number of hydrogen-bond donors (Lipinski definition) is 0. The number of nitriles is 4. The number of unbranched alkanes of at least 4 members (excludes halogenated alkanes) is 9. The third kappa shape index (κ3) is 14.7. The molecule has 3 atom stereocenters. The van der Waals surface area contributed by atoms with E-state index in [0.717, 1.165) is 149 Å². The van der Waals surface area contributed by atoms with Crippen LogP contribution in [0.1, 0.15) is 207 Å². The average Bonchev–Trinajstić information content (AvgIpc) is 1.62. The van der Waals surface area contributed by atoms with Crippen LogP contribution in [0.2, 0.25) is 0 Å². The third-order valence-electron chi connectivity index (χ3n) is 19.0. The van der Waals surface area contributed by atoms with E-state index >= 15 is 4.39 Å². The molecule has 0 saturated heterocycles. The van der Waals surface area contributed by atoms with E-state index in [-0.39, 0.29) is 56.4 Å². The molecule has 2 aliphatic carbocycles. The monoisotopic (exact) mass is 1400 g/mol. The van der Waals surface area contributed by atoms with Crippen LogP contribution in [0.4, 0.5) is 17.6 Å². The van der Waals surface area contributed by atoms with Crippen LogP contribution in [0.15, 0.2) is 119 Å². The predicted molar refractivity (Wildman–Crippen MR) is 390 cm³/mol. The number of ether oxygens (including phenoxy) is 3. The van der Waals surface area contributed by atoms with Gasteiger partial charge in [-0.1, -0.05) is 167 Å². The second kappa shape index (κ2) is 31.9. The van der Waals surface area contributed by atoms with Gasteiger partial charge in [0.25, 0.3) is 0 Å². The molecule has 3 unspecified atom stereocenters. The molecule has 4 aromatic carbocycles. The second-order valence-corrected chi connectivity index (χ2v) is 30.0. The Morgan fingerprint density at radius 1 is 0.505 bits per heavy atom. The maximum atomic E-state index is 15.1. The van der Waals surface area contributed by atoms with Gasteiger partial charge < -0.3 is 14.2 Å². The van der Waals surface area contributed by atoms with Crippen molar-refractivity contribution >= 4 is 80.2 Å². The van der Waals surface area contributed by atoms with E-state index in [2.05, 4.69) is 96.1 Å². The normalized spacial score (nSPS) is 15.8. The van der Waals surface area contributed by atoms with E-state index in [1.165, 1.54) is 70.8 Å². The summed E-state index contributed by atoms with van der Waals surface area (Å²) in [6.07, 6.45) is 21.1. The Balaban J connectivity index is 1.13. The fraction of sp³-hybridized carbons (Fsp3) is 0.341. The quantitative estimate of drug-likeness (QED) is 0.0193. The van der Waals surface area contributed by atoms with Crippen LogP contribution in [0.3, 0.4) is 0 Å². The third-order valence-corrected chi connectivity index (χ3v) is 23.9. The summed E-state index contributed by atoms with van der Waals surface area (Å²) in [6.45, 7) is 13.6. The number of hydrogen-bond acceptors (Lipinski definition) is 13. The number of rotatable bonds is 29. The van der Waals surface area contributed by atoms with Crippen molar-refractivity contribution in [1.82, 2.24) is 0 Å². The number of nitrogens with zero attached hydrogens (tertiary/aromatic N) is 4. The SMILES string of the molecule is CCCCCCCCc1ccc(C2(c3ccc(CCCCCC)cc3)Oc3cc(-c4sc(/C=C5\C(=O)c6cc(F)c(F)cc6C5=C(C#N)C#N)cc4OCC(C)CC)sc3-c3sc(-c4sc(/C=C5\C(=O)c6cc(F)c(F)cc6C5=C(C#N)C#N)cc4OCC(CC)CCCC)cc32)cc1. The Morgan fingerprint density at radius 2 is 0.939 bits per heavy atom. The molecule has 9 nitrogen and oxygen atoms in total. The molecule has 0 bridgehead atoms. The van der Waals surface area contributed by atoms with E-state index in [1.54, 1.807) is 23.5 Å². The Hall–Kier alpha value is -8.94. The van der Waals surface area contributed by atoms with Crippen molar-refractivity contribution in [2.75, 3.05) is 13.2 Å². The van der Waals surface area contributed by atoms with Crippen LogP contribution >= 0.6 is 45.3 Å². The van der Waals surface area contributed by atoms with Gasteiger partial charge in [-0.3, -0.25) is 9.59 Å². The minimum Gasteiger partial charge on any atom is -0.492 e. The van der Waals surface area contributed by atoms with Gasteiger partial charge in [-0.2, -0.15) is 21.0 Å². The number of allylic oxidation sites excluding steroid dienone is 6. The number of ketones is 2. The first-order chi connectivity index (χ1) is 48.0. The van der Waals surface area contributed by atoms with Crippen molar-refractivity contribution in [2.45, 2.75) is 156 Å². The maximum absolute atomic E-state index is 15.1. The number of carbonyl (C=O) groups is 2. The molecule has 5 heterocycles. The molecular weight excluding hydrogens is 1330 g/mol. The number of benzene rings is 4. The van der Waals surface area contributed by atoms with Gasteiger partial charge in [0.05, 0.1) is 37.6 Å². The van der Waals surface area contributed by atoms with Crippen LogP contribution in [0, 0.1) is 80.4 Å². The predicted octanol–water partition coefficient (Wildman–Crippen LogP) is 23.4. The van der Waals surface area contributed by atoms with Gasteiger partial charge in [-0.15, -0.1) is 45.3 Å². The Bertz CT molecular complexity index is 4670. The zero-order valence-electron chi connectivity index (χ0n) is 56.5. The minimum absolute atomic E-state index is 0.0434. The van der Waals surface area contributed by atoms with E-state index < -0.39 is 51.6 Å². The summed E-state index contributed by atoms with van der Waals surface area (Å²) in [5.41, 5.74) is 2.24. The number of aryl methyl sites for hydroxylation is 2. The molecule has 99 heavy (non-hydrogen) atoms. The van der Waals surface area contributed by atoms with Gasteiger partial charge in [-0.25, -0.2) is 17.6 Å². The summed E-state index contributed by atoms with van der Waals surface area (Å²) in [5.74, 6) is -4.25. The topological polar surface area (TPSA) is 157 Å². The van der Waals surface area contributed by atoms with E-state index in [0.29, 0.717) is 45.1 Å². The molecule has 4 aromatic heterocycles. The van der Waals surface area contributed by atoms with E-state index in [4.69, 9.17) is 14.2 Å². The first-order valence-corrected chi connectivity index (χ1v) is 37.6. The number of fused-ring (bicyclic) bond motifs is 5. The first kappa shape index (κ1) is 71.3. The summed E-state index contributed by atoms with van der Waals surface area (Å²) in [7, 11) is 0. The van der Waals surface area contributed by atoms with Gasteiger partial charge in [0.2, 0.25) is 0 Å². The maximum Gasteiger partial charge on any atom is 0.194 e. The van der Waals surface area contributed by atoms with Gasteiger partial charge in [0.15, 0.2) is 40.4 Å². The van der Waals surface area contributed by atoms with Crippen LogP contribution < -0.4 is 14.2 Å². The lowest BCUT2D eigenvalue weighted by molar-refractivity contribution is 0.103. The fourth-order valence-electron chi connectivity index (χ4n) is 13.1. The van der Waals surface area contributed by atoms with Crippen molar-refractivity contribution < 1.29 is 41.4 Å². The van der Waals surface area contributed by atoms with Crippen molar-refractivity contribution in [1.29, 1.82) is 21.0 Å². The highest BCUT2D eigenvalue weighted by Crippen LogP contribution is 2.61. The molecule has 1 aliphatic heterocycles. The van der Waals surface area contributed by atoms with Crippen molar-refractivity contribution in [3.05, 3.63) is 202 Å². The summed E-state index contributed by atoms with van der Waals surface area (Å²) >= 11 is 5.74. The highest BCUT2D eigenvalue weighted by Gasteiger charge is 2.48. The van der Waals surface area contributed by atoms with Crippen molar-refractivity contribution in [3.63, 3.8) is 0 Å². The minimum atomic E-state index is -1.28. The van der Waals surface area contributed by atoms with E-state index in [1.807, 2.05) is 42.5 Å². The zero-order valence-corrected chi connectivity index (χ0v) is 59.7. The molecule has 3 aliphatic rings. The highest BCUT2D eigenvalue weighted by molar-refractivity contribution is 7.29. The molecular formula is C82H76F4N4O5S4. The zero-order chi connectivity index (χ0) is 70.1. The van der Waals surface area contributed by atoms with Gasteiger partial charge in [0.1, 0.15) is 52.7 Å². The molecule has 0 radical (unpaired) electrons. The lowest BCUT2D eigenvalue weighted by Gasteiger charge is -2.39. The molecule has 0 fully saturated rings. The summed E-state index contributed by atoms with van der Waals surface area (Å²) < 4.78 is 81.4. The lowest BCUT2D eigenvalue weighted by Crippen LogP contribution is -2.37. The summed E-state index contributed by atoms with van der Waals surface area (Å²) in [5, 5.41) is 40.9. The molecule has 0 saturated carbocycles. The number of carbonyl (C=O) groups excluding carboxylic acids is 2. The van der Waals surface area contributed by atoms with Crippen LogP contribution in [0.5, 0.6) is 17.2 Å². The molecule has 17 heteroatoms. The molecule has 8 aromatic rings.